The lowest BCUT2D eigenvalue weighted by molar-refractivity contribution is -0.111. The average molecular weight is 272 g/mol. The third kappa shape index (κ3) is 3.41. The first-order valence-electron chi connectivity index (χ1n) is 7.45. The van der Waals surface area contributed by atoms with Crippen molar-refractivity contribution in [3.63, 3.8) is 0 Å². The topological polar surface area (TPSA) is 32.3 Å². The highest BCUT2D eigenvalue weighted by atomic mass is 16.1. The van der Waals surface area contributed by atoms with Gasteiger partial charge in [0.05, 0.1) is 11.9 Å². The van der Waals surface area contributed by atoms with Crippen molar-refractivity contribution in [3.05, 3.63) is 47.8 Å². The van der Waals surface area contributed by atoms with Crippen LogP contribution in [0.3, 0.4) is 0 Å². The molecular formula is C17H24N2O. The fourth-order valence-corrected chi connectivity index (χ4v) is 2.68. The summed E-state index contributed by atoms with van der Waals surface area (Å²) in [4.78, 5) is 13.5. The molecule has 1 fully saturated rings. The zero-order chi connectivity index (χ0) is 14.4. The van der Waals surface area contributed by atoms with Crippen LogP contribution in [0.15, 0.2) is 42.2 Å². The molecule has 1 heterocycles. The van der Waals surface area contributed by atoms with E-state index >= 15 is 0 Å². The van der Waals surface area contributed by atoms with Gasteiger partial charge < -0.3 is 15.0 Å². The molecule has 0 amide bonds. The van der Waals surface area contributed by atoms with E-state index in [4.69, 9.17) is 0 Å². The van der Waals surface area contributed by atoms with Crippen molar-refractivity contribution >= 4 is 6.29 Å². The molecule has 0 radical (unpaired) electrons. The van der Waals surface area contributed by atoms with Gasteiger partial charge in [0.1, 0.15) is 12.3 Å². The number of rotatable bonds is 6. The number of hydrogen-bond donors (Lipinski definition) is 1. The van der Waals surface area contributed by atoms with Gasteiger partial charge in [0.2, 0.25) is 0 Å². The molecule has 0 bridgehead atoms. The van der Waals surface area contributed by atoms with Crippen LogP contribution in [0.5, 0.6) is 0 Å². The maximum atomic E-state index is 11.4. The van der Waals surface area contributed by atoms with Gasteiger partial charge in [-0.05, 0) is 30.9 Å². The molecule has 1 N–H and O–H groups in total. The van der Waals surface area contributed by atoms with Gasteiger partial charge in [-0.25, -0.2) is 0 Å². The molecule has 20 heavy (non-hydrogen) atoms. The van der Waals surface area contributed by atoms with E-state index in [1.807, 2.05) is 25.2 Å². The lowest BCUT2D eigenvalue weighted by Crippen LogP contribution is -2.37. The molecular weight excluding hydrogens is 248 g/mol. The first-order valence-corrected chi connectivity index (χ1v) is 7.45. The van der Waals surface area contributed by atoms with E-state index in [0.29, 0.717) is 0 Å². The van der Waals surface area contributed by atoms with Crippen molar-refractivity contribution in [2.45, 2.75) is 44.7 Å². The van der Waals surface area contributed by atoms with E-state index in [2.05, 4.69) is 35.3 Å². The van der Waals surface area contributed by atoms with Crippen molar-refractivity contribution in [2.75, 3.05) is 7.05 Å². The van der Waals surface area contributed by atoms with Crippen LogP contribution in [0.25, 0.3) is 0 Å². The molecule has 2 unspecified atom stereocenters. The fourth-order valence-electron chi connectivity index (χ4n) is 2.68. The maximum Gasteiger partial charge on any atom is 0.144 e. The Hall–Kier alpha value is -1.77. The number of benzene rings is 1. The third-order valence-electron chi connectivity index (χ3n) is 3.91. The number of unbranched alkanes of at least 4 members (excludes halogenated alkanes) is 2. The van der Waals surface area contributed by atoms with Crippen molar-refractivity contribution < 1.29 is 4.79 Å². The molecule has 2 atom stereocenters. The molecule has 0 spiro atoms. The third-order valence-corrected chi connectivity index (χ3v) is 3.91. The van der Waals surface area contributed by atoms with Gasteiger partial charge in [-0.3, -0.25) is 0 Å². The van der Waals surface area contributed by atoms with E-state index in [1.54, 1.807) is 0 Å². The van der Waals surface area contributed by atoms with Gasteiger partial charge in [0, 0.05) is 7.05 Å². The maximum absolute atomic E-state index is 11.4. The van der Waals surface area contributed by atoms with E-state index in [-0.39, 0.29) is 12.1 Å². The quantitative estimate of drug-likeness (QED) is 0.638. The van der Waals surface area contributed by atoms with Crippen LogP contribution in [0.2, 0.25) is 0 Å². The minimum Gasteiger partial charge on any atom is -0.366 e. The Morgan fingerprint density at radius 2 is 2.05 bits per heavy atom. The van der Waals surface area contributed by atoms with Crippen LogP contribution in [-0.4, -0.2) is 30.3 Å². The average Bonchev–Trinajstić information content (AvgIpc) is 2.76. The summed E-state index contributed by atoms with van der Waals surface area (Å²) in [5, 5.41) is 3.50. The van der Waals surface area contributed by atoms with Crippen LogP contribution >= 0.6 is 0 Å². The minimum atomic E-state index is -0.0805. The second kappa shape index (κ2) is 7.13. The Labute approximate surface area is 121 Å². The van der Waals surface area contributed by atoms with Gasteiger partial charge >= 0.3 is 0 Å². The molecule has 0 saturated carbocycles. The SMILES string of the molecule is CCCCC=C1NC(Cc2ccccc2)C(C=O)N1C. The highest BCUT2D eigenvalue weighted by Gasteiger charge is 2.33. The van der Waals surface area contributed by atoms with Crippen molar-refractivity contribution in [1.29, 1.82) is 0 Å². The van der Waals surface area contributed by atoms with E-state index in [0.717, 1.165) is 24.9 Å². The van der Waals surface area contributed by atoms with Gasteiger partial charge in [-0.15, -0.1) is 0 Å². The molecule has 1 aromatic rings. The first-order chi connectivity index (χ1) is 9.76. The summed E-state index contributed by atoms with van der Waals surface area (Å²) in [6, 6.07) is 10.4. The molecule has 3 heteroatoms. The Kier molecular flexibility index (Phi) is 5.22. The van der Waals surface area contributed by atoms with E-state index < -0.39 is 0 Å². The second-order valence-corrected chi connectivity index (χ2v) is 5.41. The largest absolute Gasteiger partial charge is 0.366 e. The molecule has 1 saturated heterocycles. The van der Waals surface area contributed by atoms with Gasteiger partial charge in [-0.1, -0.05) is 43.7 Å². The van der Waals surface area contributed by atoms with Crippen LogP contribution in [-0.2, 0) is 11.2 Å². The van der Waals surface area contributed by atoms with Gasteiger partial charge in [0.15, 0.2) is 0 Å². The Bertz CT molecular complexity index is 455. The van der Waals surface area contributed by atoms with Gasteiger partial charge in [0.25, 0.3) is 0 Å². The minimum absolute atomic E-state index is 0.0805. The second-order valence-electron chi connectivity index (χ2n) is 5.41. The summed E-state index contributed by atoms with van der Waals surface area (Å²) in [5.41, 5.74) is 1.26. The molecule has 1 aliphatic rings. The number of allylic oxidation sites excluding steroid dienone is 1. The zero-order valence-corrected chi connectivity index (χ0v) is 12.4. The van der Waals surface area contributed by atoms with Crippen LogP contribution in [0, 0.1) is 0 Å². The Balaban J connectivity index is 2.05. The summed E-state index contributed by atoms with van der Waals surface area (Å²) in [6.45, 7) is 2.19. The number of carbonyl (C=O) groups is 1. The van der Waals surface area contributed by atoms with E-state index in [9.17, 15) is 4.79 Å². The number of likely N-dealkylation sites (N-methyl/N-ethyl adjacent to an activating group) is 1. The standard InChI is InChI=1S/C17H24N2O/c1-3-4-6-11-17-18-15(16(13-20)19(17)2)12-14-9-7-5-8-10-14/h5,7-11,13,15-16,18H,3-4,6,12H2,1-2H3. The monoisotopic (exact) mass is 272 g/mol. The molecule has 0 aromatic heterocycles. The Morgan fingerprint density at radius 3 is 2.70 bits per heavy atom. The van der Waals surface area contributed by atoms with Crippen molar-refractivity contribution in [3.8, 4) is 0 Å². The molecule has 1 aromatic carbocycles. The van der Waals surface area contributed by atoms with Crippen molar-refractivity contribution in [1.82, 2.24) is 10.2 Å². The number of hydrogen-bond acceptors (Lipinski definition) is 3. The number of nitrogens with one attached hydrogen (secondary N) is 1. The summed E-state index contributed by atoms with van der Waals surface area (Å²) < 4.78 is 0. The predicted molar refractivity (Wildman–Crippen MR) is 82.3 cm³/mol. The molecule has 2 rings (SSSR count). The highest BCUT2D eigenvalue weighted by Crippen LogP contribution is 2.20. The highest BCUT2D eigenvalue weighted by molar-refractivity contribution is 5.61. The zero-order valence-electron chi connectivity index (χ0n) is 12.4. The van der Waals surface area contributed by atoms with Gasteiger partial charge in [-0.2, -0.15) is 0 Å². The number of carbonyl (C=O) groups excluding carboxylic acids is 1. The summed E-state index contributed by atoms with van der Waals surface area (Å²) in [5.74, 6) is 1.09. The Morgan fingerprint density at radius 1 is 1.30 bits per heavy atom. The van der Waals surface area contributed by atoms with Crippen LogP contribution in [0.4, 0.5) is 0 Å². The summed E-state index contributed by atoms with van der Waals surface area (Å²) >= 11 is 0. The fraction of sp³-hybridized carbons (Fsp3) is 0.471. The summed E-state index contributed by atoms with van der Waals surface area (Å²) in [6.07, 6.45) is 7.59. The lowest BCUT2D eigenvalue weighted by Gasteiger charge is -2.18. The molecule has 1 aliphatic heterocycles. The van der Waals surface area contributed by atoms with Crippen molar-refractivity contribution in [2.24, 2.45) is 0 Å². The molecule has 0 aliphatic carbocycles. The van der Waals surface area contributed by atoms with E-state index in [1.165, 1.54) is 18.4 Å². The predicted octanol–water partition coefficient (Wildman–Crippen LogP) is 2.73. The lowest BCUT2D eigenvalue weighted by atomic mass is 10.0. The smallest absolute Gasteiger partial charge is 0.144 e. The molecule has 108 valence electrons. The number of aldehydes is 1. The summed E-state index contributed by atoms with van der Waals surface area (Å²) in [7, 11) is 1.99. The van der Waals surface area contributed by atoms with Crippen LogP contribution in [0.1, 0.15) is 31.7 Å². The van der Waals surface area contributed by atoms with Crippen LogP contribution < -0.4 is 5.32 Å². The number of nitrogens with zero attached hydrogens (tertiary/aromatic N) is 1. The molecule has 3 nitrogen and oxygen atoms in total. The first kappa shape index (κ1) is 14.6. The normalized spacial score (nSPS) is 23.9.